The number of rotatable bonds is 5. The van der Waals surface area contributed by atoms with Crippen molar-refractivity contribution in [1.82, 2.24) is 5.32 Å². The Balaban J connectivity index is 2.06. The third kappa shape index (κ3) is 5.05. The lowest BCUT2D eigenvalue weighted by Crippen LogP contribution is -2.27. The molecule has 0 bridgehead atoms. The van der Waals surface area contributed by atoms with E-state index in [1.807, 2.05) is 0 Å². The van der Waals surface area contributed by atoms with E-state index in [0.717, 1.165) is 24.3 Å². The zero-order chi connectivity index (χ0) is 22.8. The Morgan fingerprint density at radius 3 is 2.48 bits per heavy atom. The number of aliphatic imine (C=N–C) groups is 1. The van der Waals surface area contributed by atoms with Crippen LogP contribution in [0.1, 0.15) is 15.9 Å². The van der Waals surface area contributed by atoms with Crippen molar-refractivity contribution in [3.8, 4) is 17.2 Å². The highest BCUT2D eigenvalue weighted by Gasteiger charge is 2.36. The highest BCUT2D eigenvalue weighted by atomic mass is 19.4. The molecule has 0 spiro atoms. The third-order valence-corrected chi connectivity index (χ3v) is 4.02. The molecular formula is C20H13F5N2O4. The molecule has 1 heterocycles. The number of alkyl halides is 3. The fraction of sp³-hybridized carbons (Fsp3) is 0.150. The number of hydrogen-bond donors (Lipinski definition) is 1. The van der Waals surface area contributed by atoms with E-state index in [4.69, 9.17) is 9.47 Å². The molecule has 1 aliphatic heterocycles. The summed E-state index contributed by atoms with van der Waals surface area (Å²) in [5.74, 6) is -4.94. The fourth-order valence-electron chi connectivity index (χ4n) is 2.63. The van der Waals surface area contributed by atoms with Crippen molar-refractivity contribution < 1.29 is 41.0 Å². The maximum absolute atomic E-state index is 14.1. The minimum absolute atomic E-state index is 0.0353. The average molecular weight is 440 g/mol. The quantitative estimate of drug-likeness (QED) is 0.712. The maximum atomic E-state index is 14.1. The Hall–Kier alpha value is -3.76. The van der Waals surface area contributed by atoms with Crippen LogP contribution < -0.4 is 14.8 Å². The van der Waals surface area contributed by atoms with E-state index in [0.29, 0.717) is 12.1 Å². The van der Waals surface area contributed by atoms with Crippen molar-refractivity contribution in [2.24, 2.45) is 4.99 Å². The molecular weight excluding hydrogens is 427 g/mol. The average Bonchev–Trinajstić information content (AvgIpc) is 2.69. The summed E-state index contributed by atoms with van der Waals surface area (Å²) in [7, 11) is 1.17. The van der Waals surface area contributed by atoms with Gasteiger partial charge in [0.2, 0.25) is 0 Å². The zero-order valence-electron chi connectivity index (χ0n) is 15.7. The van der Waals surface area contributed by atoms with Gasteiger partial charge in [-0.05, 0) is 24.3 Å². The van der Waals surface area contributed by atoms with E-state index in [1.54, 1.807) is 0 Å². The van der Waals surface area contributed by atoms with E-state index in [-0.39, 0.29) is 23.7 Å². The molecule has 2 aromatic carbocycles. The van der Waals surface area contributed by atoms with Crippen LogP contribution in [0, 0.1) is 11.6 Å². The lowest BCUT2D eigenvalue weighted by atomic mass is 10.1. The minimum Gasteiger partial charge on any atom is -0.493 e. The number of hydrogen-bond acceptors (Lipinski definition) is 5. The van der Waals surface area contributed by atoms with Crippen molar-refractivity contribution in [1.29, 1.82) is 0 Å². The van der Waals surface area contributed by atoms with Gasteiger partial charge in [-0.3, -0.25) is 14.6 Å². The summed E-state index contributed by atoms with van der Waals surface area (Å²) in [6, 6.07) is 3.60. The van der Waals surface area contributed by atoms with Crippen LogP contribution in [-0.2, 0) is 11.0 Å². The standard InChI is InChI=1S/C20H13F5N2O4/c1-30-18-4-10(21)2-3-16(18)31-17-7-14(20(23,24)25)15(22)6-13(17)19(29)27-11-5-12(28)9-26-8-11/h2-8H,9H2,1H3,(H,27,29). The molecule has 162 valence electrons. The number of carbonyl (C=O) groups is 2. The number of halogens is 5. The Morgan fingerprint density at radius 2 is 1.84 bits per heavy atom. The Bertz CT molecular complexity index is 1110. The van der Waals surface area contributed by atoms with Gasteiger partial charge in [0.1, 0.15) is 23.9 Å². The largest absolute Gasteiger partial charge is 0.493 e. The molecule has 2 aromatic rings. The van der Waals surface area contributed by atoms with Crippen LogP contribution in [0.2, 0.25) is 0 Å². The van der Waals surface area contributed by atoms with Gasteiger partial charge < -0.3 is 14.8 Å². The van der Waals surface area contributed by atoms with Crippen LogP contribution in [0.3, 0.4) is 0 Å². The second kappa shape index (κ2) is 8.54. The van der Waals surface area contributed by atoms with Crippen LogP contribution in [-0.4, -0.2) is 31.6 Å². The van der Waals surface area contributed by atoms with E-state index < -0.39 is 46.4 Å². The van der Waals surface area contributed by atoms with Crippen molar-refractivity contribution in [2.75, 3.05) is 13.7 Å². The molecule has 1 N–H and O–H groups in total. The topological polar surface area (TPSA) is 77.0 Å². The number of allylic oxidation sites excluding steroid dienone is 1. The van der Waals surface area contributed by atoms with Gasteiger partial charge in [0.15, 0.2) is 17.3 Å². The lowest BCUT2D eigenvalue weighted by molar-refractivity contribution is -0.140. The van der Waals surface area contributed by atoms with Gasteiger partial charge in [-0.1, -0.05) is 0 Å². The van der Waals surface area contributed by atoms with Gasteiger partial charge in [0.25, 0.3) is 5.91 Å². The monoisotopic (exact) mass is 440 g/mol. The molecule has 11 heteroatoms. The van der Waals surface area contributed by atoms with Gasteiger partial charge in [-0.2, -0.15) is 13.2 Å². The molecule has 0 fully saturated rings. The second-order valence-electron chi connectivity index (χ2n) is 6.21. The summed E-state index contributed by atoms with van der Waals surface area (Å²) in [4.78, 5) is 27.7. The SMILES string of the molecule is COc1cc(F)ccc1Oc1cc(C(F)(F)F)c(F)cc1C(=O)NC1=CC(=O)CN=C1. The van der Waals surface area contributed by atoms with Crippen molar-refractivity contribution in [2.45, 2.75) is 6.18 Å². The van der Waals surface area contributed by atoms with Crippen LogP contribution in [0.15, 0.2) is 47.1 Å². The first kappa shape index (κ1) is 21.9. The lowest BCUT2D eigenvalue weighted by Gasteiger charge is -2.17. The first-order chi connectivity index (χ1) is 14.6. The number of nitrogens with one attached hydrogen (secondary N) is 1. The van der Waals surface area contributed by atoms with Gasteiger partial charge in [-0.15, -0.1) is 0 Å². The number of dihydropyridines is 1. The Labute approximate surface area is 172 Å². The third-order valence-electron chi connectivity index (χ3n) is 4.02. The number of amides is 1. The molecule has 0 saturated carbocycles. The molecule has 0 atom stereocenters. The molecule has 1 amide bonds. The number of ketones is 1. The van der Waals surface area contributed by atoms with Crippen LogP contribution in [0.5, 0.6) is 17.2 Å². The fourth-order valence-corrected chi connectivity index (χ4v) is 2.63. The summed E-state index contributed by atoms with van der Waals surface area (Å²) in [5, 5.41) is 2.25. The van der Waals surface area contributed by atoms with E-state index in [1.165, 1.54) is 13.3 Å². The molecule has 0 saturated heterocycles. The molecule has 0 radical (unpaired) electrons. The molecule has 31 heavy (non-hydrogen) atoms. The molecule has 1 aliphatic rings. The van der Waals surface area contributed by atoms with Gasteiger partial charge >= 0.3 is 6.18 Å². The molecule has 3 rings (SSSR count). The molecule has 0 aromatic heterocycles. The van der Waals surface area contributed by atoms with Gasteiger partial charge in [0.05, 0.1) is 23.9 Å². The zero-order valence-corrected chi connectivity index (χ0v) is 15.7. The molecule has 0 unspecified atom stereocenters. The van der Waals surface area contributed by atoms with Crippen molar-refractivity contribution in [3.63, 3.8) is 0 Å². The summed E-state index contributed by atoms with van der Waals surface area (Å²) < 4.78 is 77.4. The first-order valence-corrected chi connectivity index (χ1v) is 8.56. The maximum Gasteiger partial charge on any atom is 0.419 e. The highest BCUT2D eigenvalue weighted by molar-refractivity contribution is 6.06. The normalized spacial score (nSPS) is 13.6. The number of benzene rings is 2. The first-order valence-electron chi connectivity index (χ1n) is 8.56. The summed E-state index contributed by atoms with van der Waals surface area (Å²) >= 11 is 0. The smallest absolute Gasteiger partial charge is 0.419 e. The van der Waals surface area contributed by atoms with Crippen LogP contribution in [0.4, 0.5) is 22.0 Å². The van der Waals surface area contributed by atoms with Crippen molar-refractivity contribution >= 4 is 17.9 Å². The summed E-state index contributed by atoms with van der Waals surface area (Å²) in [6.45, 7) is -0.118. The second-order valence-corrected chi connectivity index (χ2v) is 6.21. The number of nitrogens with zero attached hydrogens (tertiary/aromatic N) is 1. The van der Waals surface area contributed by atoms with Gasteiger partial charge in [-0.25, -0.2) is 8.78 Å². The van der Waals surface area contributed by atoms with E-state index >= 15 is 0 Å². The predicted octanol–water partition coefficient (Wildman–Crippen LogP) is 4.05. The number of methoxy groups -OCH3 is 1. The van der Waals surface area contributed by atoms with E-state index in [9.17, 15) is 31.5 Å². The van der Waals surface area contributed by atoms with E-state index in [2.05, 4.69) is 10.3 Å². The highest BCUT2D eigenvalue weighted by Crippen LogP contribution is 2.39. The Kier molecular flexibility index (Phi) is 6.04. The summed E-state index contributed by atoms with van der Waals surface area (Å²) in [5.41, 5.74) is -2.31. The molecule has 0 aliphatic carbocycles. The van der Waals surface area contributed by atoms with Crippen molar-refractivity contribution in [3.05, 3.63) is 64.9 Å². The van der Waals surface area contributed by atoms with Gasteiger partial charge in [0, 0.05) is 18.4 Å². The minimum atomic E-state index is -5.07. The van der Waals surface area contributed by atoms with Crippen LogP contribution >= 0.6 is 0 Å². The Morgan fingerprint density at radius 1 is 1.10 bits per heavy atom. The summed E-state index contributed by atoms with van der Waals surface area (Å²) in [6.07, 6.45) is -2.84. The van der Waals surface area contributed by atoms with Crippen LogP contribution in [0.25, 0.3) is 0 Å². The number of carbonyl (C=O) groups excluding carboxylic acids is 2. The predicted molar refractivity (Wildman–Crippen MR) is 98.3 cm³/mol. The number of ether oxygens (including phenoxy) is 2. The molecule has 6 nitrogen and oxygen atoms in total.